The fourth-order valence-electron chi connectivity index (χ4n) is 3.50. The van der Waals surface area contributed by atoms with E-state index in [0.29, 0.717) is 6.61 Å². The van der Waals surface area contributed by atoms with E-state index in [2.05, 4.69) is 14.8 Å². The van der Waals surface area contributed by atoms with E-state index in [0.717, 1.165) is 50.4 Å². The molecule has 7 nitrogen and oxygen atoms in total. The van der Waals surface area contributed by atoms with Crippen LogP contribution in [0.2, 0.25) is 0 Å². The smallest absolute Gasteiger partial charge is 0.208 e. The fourth-order valence-corrected chi connectivity index (χ4v) is 4.31. The number of hydrogen-bond acceptors (Lipinski definition) is 6. The summed E-state index contributed by atoms with van der Waals surface area (Å²) in [6, 6.07) is 1.92. The number of ether oxygens (including phenoxy) is 1. The molecule has 2 fully saturated rings. The van der Waals surface area contributed by atoms with Crippen LogP contribution in [0, 0.1) is 6.92 Å². The van der Waals surface area contributed by atoms with Gasteiger partial charge in [0, 0.05) is 38.3 Å². The summed E-state index contributed by atoms with van der Waals surface area (Å²) in [4.78, 5) is 2.29. The minimum absolute atomic E-state index is 0.0296. The lowest BCUT2D eigenvalue weighted by Crippen LogP contribution is -2.49. The Morgan fingerprint density at radius 1 is 1.55 bits per heavy atom. The zero-order chi connectivity index (χ0) is 15.8. The van der Waals surface area contributed by atoms with Gasteiger partial charge in [-0.25, -0.2) is 13.1 Å². The molecule has 1 spiro atoms. The van der Waals surface area contributed by atoms with Crippen LogP contribution in [0.25, 0.3) is 0 Å². The van der Waals surface area contributed by atoms with E-state index in [1.807, 2.05) is 13.0 Å². The van der Waals surface area contributed by atoms with Crippen LogP contribution in [0.15, 0.2) is 10.6 Å². The Balaban J connectivity index is 1.60. The Bertz CT molecular complexity index is 630. The topological polar surface area (TPSA) is 84.7 Å². The first-order valence-electron chi connectivity index (χ1n) is 7.59. The van der Waals surface area contributed by atoms with Gasteiger partial charge in [0.15, 0.2) is 0 Å². The second kappa shape index (κ2) is 5.92. The maximum Gasteiger partial charge on any atom is 0.208 e. The summed E-state index contributed by atoms with van der Waals surface area (Å²) in [5.41, 5.74) is 0.690. The van der Waals surface area contributed by atoms with E-state index in [1.54, 1.807) is 0 Å². The first-order chi connectivity index (χ1) is 10.3. The van der Waals surface area contributed by atoms with Crippen molar-refractivity contribution in [3.05, 3.63) is 17.5 Å². The molecule has 0 amide bonds. The summed E-state index contributed by atoms with van der Waals surface area (Å²) in [6.45, 7) is 4.96. The molecule has 2 saturated heterocycles. The molecule has 2 atom stereocenters. The summed E-state index contributed by atoms with van der Waals surface area (Å²) in [7, 11) is -3.17. The molecular formula is C14H23N3O4S. The second-order valence-electron chi connectivity index (χ2n) is 6.50. The van der Waals surface area contributed by atoms with Crippen LogP contribution in [0.3, 0.4) is 0 Å². The fraction of sp³-hybridized carbons (Fsp3) is 0.786. The van der Waals surface area contributed by atoms with E-state index in [9.17, 15) is 8.42 Å². The molecule has 3 heterocycles. The van der Waals surface area contributed by atoms with Gasteiger partial charge in [0.05, 0.1) is 17.6 Å². The van der Waals surface area contributed by atoms with Crippen LogP contribution < -0.4 is 4.72 Å². The average Bonchev–Trinajstić information content (AvgIpc) is 2.96. The SMILES string of the molecule is Cc1cc(CN2CC[C@@]3(C[C@H](NS(C)(=O)=O)CCO3)C2)no1. The van der Waals surface area contributed by atoms with Crippen LogP contribution in [-0.4, -0.2) is 56.1 Å². The van der Waals surface area contributed by atoms with Crippen LogP contribution in [0.5, 0.6) is 0 Å². The van der Waals surface area contributed by atoms with Gasteiger partial charge in [-0.15, -0.1) is 0 Å². The molecule has 22 heavy (non-hydrogen) atoms. The summed E-state index contributed by atoms with van der Waals surface area (Å²) in [5, 5.41) is 4.03. The molecule has 1 aromatic heterocycles. The van der Waals surface area contributed by atoms with Gasteiger partial charge in [0.2, 0.25) is 10.0 Å². The number of likely N-dealkylation sites (tertiary alicyclic amines) is 1. The van der Waals surface area contributed by atoms with Crippen LogP contribution >= 0.6 is 0 Å². The van der Waals surface area contributed by atoms with Crippen molar-refractivity contribution >= 4 is 10.0 Å². The number of hydrogen-bond donors (Lipinski definition) is 1. The van der Waals surface area contributed by atoms with Gasteiger partial charge >= 0.3 is 0 Å². The minimum atomic E-state index is -3.17. The molecule has 1 aromatic rings. The highest BCUT2D eigenvalue weighted by atomic mass is 32.2. The number of aryl methyl sites for hydroxylation is 1. The van der Waals surface area contributed by atoms with E-state index in [1.165, 1.54) is 6.26 Å². The predicted octanol–water partition coefficient (Wildman–Crippen LogP) is 0.656. The summed E-state index contributed by atoms with van der Waals surface area (Å²) < 4.78 is 36.7. The van der Waals surface area contributed by atoms with E-state index < -0.39 is 10.0 Å². The lowest BCUT2D eigenvalue weighted by atomic mass is 9.90. The highest BCUT2D eigenvalue weighted by molar-refractivity contribution is 7.88. The number of nitrogens with zero attached hydrogens (tertiary/aromatic N) is 2. The van der Waals surface area contributed by atoms with Crippen LogP contribution in [0.1, 0.15) is 30.7 Å². The molecule has 8 heteroatoms. The van der Waals surface area contributed by atoms with Crippen molar-refractivity contribution in [2.24, 2.45) is 0 Å². The Kier molecular flexibility index (Phi) is 4.28. The van der Waals surface area contributed by atoms with Gasteiger partial charge in [0.1, 0.15) is 5.76 Å². The minimum Gasteiger partial charge on any atom is -0.373 e. The third-order valence-electron chi connectivity index (χ3n) is 4.33. The van der Waals surface area contributed by atoms with Crippen molar-refractivity contribution < 1.29 is 17.7 Å². The monoisotopic (exact) mass is 329 g/mol. The summed E-state index contributed by atoms with van der Waals surface area (Å²) in [5.74, 6) is 0.815. The highest BCUT2D eigenvalue weighted by Crippen LogP contribution is 2.35. The molecule has 2 aliphatic heterocycles. The molecule has 0 radical (unpaired) electrons. The number of nitrogens with one attached hydrogen (secondary N) is 1. The van der Waals surface area contributed by atoms with Crippen molar-refractivity contribution in [2.45, 2.75) is 44.4 Å². The molecule has 3 rings (SSSR count). The van der Waals surface area contributed by atoms with E-state index in [4.69, 9.17) is 9.26 Å². The third kappa shape index (κ3) is 3.87. The lowest BCUT2D eigenvalue weighted by molar-refractivity contribution is -0.0779. The van der Waals surface area contributed by atoms with Gasteiger partial charge in [-0.1, -0.05) is 5.16 Å². The quantitative estimate of drug-likeness (QED) is 0.873. The number of sulfonamides is 1. The molecule has 0 saturated carbocycles. The molecule has 0 unspecified atom stereocenters. The van der Waals surface area contributed by atoms with Crippen molar-refractivity contribution in [1.82, 2.24) is 14.8 Å². The van der Waals surface area contributed by atoms with E-state index in [-0.39, 0.29) is 11.6 Å². The van der Waals surface area contributed by atoms with Gasteiger partial charge in [-0.3, -0.25) is 4.90 Å². The molecular weight excluding hydrogens is 306 g/mol. The highest BCUT2D eigenvalue weighted by Gasteiger charge is 2.43. The predicted molar refractivity (Wildman–Crippen MR) is 80.8 cm³/mol. The van der Waals surface area contributed by atoms with Gasteiger partial charge < -0.3 is 9.26 Å². The Morgan fingerprint density at radius 2 is 2.36 bits per heavy atom. The largest absolute Gasteiger partial charge is 0.373 e. The maximum atomic E-state index is 11.4. The summed E-state index contributed by atoms with van der Waals surface area (Å²) in [6.07, 6.45) is 3.60. The number of aromatic nitrogens is 1. The van der Waals surface area contributed by atoms with Gasteiger partial charge in [-0.2, -0.15) is 0 Å². The van der Waals surface area contributed by atoms with Crippen molar-refractivity contribution in [3.8, 4) is 0 Å². The molecule has 0 aromatic carbocycles. The second-order valence-corrected chi connectivity index (χ2v) is 8.28. The molecule has 124 valence electrons. The van der Waals surface area contributed by atoms with Crippen molar-refractivity contribution in [1.29, 1.82) is 0 Å². The zero-order valence-corrected chi connectivity index (χ0v) is 13.9. The molecule has 0 aliphatic carbocycles. The summed E-state index contributed by atoms with van der Waals surface area (Å²) >= 11 is 0. The van der Waals surface area contributed by atoms with Crippen molar-refractivity contribution in [3.63, 3.8) is 0 Å². The Morgan fingerprint density at radius 3 is 3.05 bits per heavy atom. The number of rotatable bonds is 4. The van der Waals surface area contributed by atoms with Crippen molar-refractivity contribution in [2.75, 3.05) is 26.0 Å². The Hall–Kier alpha value is -0.960. The van der Waals surface area contributed by atoms with Crippen LogP contribution in [0.4, 0.5) is 0 Å². The third-order valence-corrected chi connectivity index (χ3v) is 5.09. The maximum absolute atomic E-state index is 11.4. The van der Waals surface area contributed by atoms with Crippen LogP contribution in [-0.2, 0) is 21.3 Å². The van der Waals surface area contributed by atoms with Gasteiger partial charge in [-0.05, 0) is 26.2 Å². The molecule has 1 N–H and O–H groups in total. The Labute approximate surface area is 131 Å². The standard InChI is InChI=1S/C14H23N3O4S/c1-11-7-13(15-21-11)9-17-5-4-14(10-17)8-12(3-6-20-14)16-22(2,18)19/h7,12,16H,3-6,8-10H2,1-2H3/t12-,14-/m1/s1. The first kappa shape index (κ1) is 15.9. The normalized spacial score (nSPS) is 30.2. The first-order valence-corrected chi connectivity index (χ1v) is 9.49. The van der Waals surface area contributed by atoms with E-state index >= 15 is 0 Å². The lowest BCUT2D eigenvalue weighted by Gasteiger charge is -2.38. The van der Waals surface area contributed by atoms with Gasteiger partial charge in [0.25, 0.3) is 0 Å². The average molecular weight is 329 g/mol. The molecule has 2 aliphatic rings. The zero-order valence-electron chi connectivity index (χ0n) is 13.0. The molecule has 0 bridgehead atoms.